The fourth-order valence-corrected chi connectivity index (χ4v) is 6.63. The highest BCUT2D eigenvalue weighted by atomic mass is 16.6. The molecule has 0 heterocycles. The van der Waals surface area contributed by atoms with E-state index in [4.69, 9.17) is 9.57 Å². The van der Waals surface area contributed by atoms with E-state index in [-0.39, 0.29) is 23.5 Å². The second-order valence-electron chi connectivity index (χ2n) is 9.87. The van der Waals surface area contributed by atoms with Gasteiger partial charge in [-0.3, -0.25) is 10.1 Å². The SMILES string of the molecule is COc1cc2c(cc1O)CC[C@@H]1[C@@H]2CC[C@]2(C)/C(=N/OCc3cccc([N+](=O)[O-])c3)CC[C@@H]12. The van der Waals surface area contributed by atoms with Gasteiger partial charge in [0.2, 0.25) is 0 Å². The van der Waals surface area contributed by atoms with E-state index in [0.717, 1.165) is 49.8 Å². The fraction of sp³-hybridized carbons (Fsp3) is 0.500. The second-order valence-corrected chi connectivity index (χ2v) is 9.87. The van der Waals surface area contributed by atoms with Gasteiger partial charge in [0.1, 0.15) is 6.61 Å². The normalized spacial score (nSPS) is 29.2. The van der Waals surface area contributed by atoms with Crippen molar-refractivity contribution >= 4 is 11.4 Å². The third-order valence-corrected chi connectivity index (χ3v) is 8.29. The summed E-state index contributed by atoms with van der Waals surface area (Å²) in [6.07, 6.45) is 6.30. The van der Waals surface area contributed by atoms with Gasteiger partial charge in [-0.05, 0) is 85.1 Å². The average molecular weight is 451 g/mol. The molecule has 0 aliphatic heterocycles. The van der Waals surface area contributed by atoms with Crippen LogP contribution < -0.4 is 4.74 Å². The number of nitro groups is 1. The van der Waals surface area contributed by atoms with Gasteiger partial charge in [-0.1, -0.05) is 24.2 Å². The summed E-state index contributed by atoms with van der Waals surface area (Å²) >= 11 is 0. The van der Waals surface area contributed by atoms with Gasteiger partial charge in [-0.25, -0.2) is 0 Å². The summed E-state index contributed by atoms with van der Waals surface area (Å²) < 4.78 is 5.39. The molecule has 2 aromatic carbocycles. The molecule has 33 heavy (non-hydrogen) atoms. The maximum Gasteiger partial charge on any atom is 0.269 e. The zero-order chi connectivity index (χ0) is 23.2. The number of benzene rings is 2. The minimum atomic E-state index is -0.393. The van der Waals surface area contributed by atoms with Crippen molar-refractivity contribution in [3.8, 4) is 11.5 Å². The number of ether oxygens (including phenoxy) is 1. The molecule has 2 aromatic rings. The number of oxime groups is 1. The molecular formula is C26H30N2O5. The van der Waals surface area contributed by atoms with E-state index in [0.29, 0.717) is 23.5 Å². The van der Waals surface area contributed by atoms with E-state index in [2.05, 4.69) is 18.1 Å². The Hall–Kier alpha value is -3.09. The first-order valence-corrected chi connectivity index (χ1v) is 11.7. The molecule has 3 aliphatic carbocycles. The van der Waals surface area contributed by atoms with Gasteiger partial charge in [0.25, 0.3) is 5.69 Å². The summed E-state index contributed by atoms with van der Waals surface area (Å²) in [5, 5.41) is 25.8. The van der Waals surface area contributed by atoms with Crippen LogP contribution in [0.15, 0.2) is 41.6 Å². The van der Waals surface area contributed by atoms with Crippen molar-refractivity contribution in [2.45, 2.75) is 58.0 Å². The quantitative estimate of drug-likeness (QED) is 0.463. The van der Waals surface area contributed by atoms with Crippen LogP contribution >= 0.6 is 0 Å². The number of non-ortho nitro benzene ring substituents is 1. The third-order valence-electron chi connectivity index (χ3n) is 8.29. The second kappa shape index (κ2) is 8.36. The summed E-state index contributed by atoms with van der Waals surface area (Å²) in [5.41, 5.74) is 4.57. The Kier molecular flexibility index (Phi) is 5.51. The van der Waals surface area contributed by atoms with Crippen LogP contribution in [-0.2, 0) is 17.9 Å². The van der Waals surface area contributed by atoms with E-state index in [1.807, 2.05) is 12.1 Å². The highest BCUT2D eigenvalue weighted by Gasteiger charge is 2.53. The number of fused-ring (bicyclic) bond motifs is 5. The number of phenolic OH excluding ortho intramolecular Hbond substituents is 1. The molecule has 0 aromatic heterocycles. The molecule has 5 rings (SSSR count). The number of nitrogens with zero attached hydrogens (tertiary/aromatic N) is 2. The highest BCUT2D eigenvalue weighted by Crippen LogP contribution is 2.60. The Labute approximate surface area is 193 Å². The summed E-state index contributed by atoms with van der Waals surface area (Å²) in [5.74, 6) is 2.43. The van der Waals surface area contributed by atoms with E-state index < -0.39 is 4.92 Å². The van der Waals surface area contributed by atoms with Gasteiger partial charge in [-0.2, -0.15) is 0 Å². The van der Waals surface area contributed by atoms with Crippen molar-refractivity contribution < 1.29 is 19.6 Å². The molecule has 0 amide bonds. The van der Waals surface area contributed by atoms with Crippen LogP contribution in [0.4, 0.5) is 5.69 Å². The predicted octanol–water partition coefficient (Wildman–Crippen LogP) is 5.74. The molecule has 2 fully saturated rings. The number of aromatic hydroxyl groups is 1. The Morgan fingerprint density at radius 2 is 2.06 bits per heavy atom. The van der Waals surface area contributed by atoms with Gasteiger partial charge < -0.3 is 14.7 Å². The molecule has 7 nitrogen and oxygen atoms in total. The van der Waals surface area contributed by atoms with Crippen molar-refractivity contribution in [2.24, 2.45) is 22.4 Å². The van der Waals surface area contributed by atoms with E-state index in [1.165, 1.54) is 23.3 Å². The lowest BCUT2D eigenvalue weighted by molar-refractivity contribution is -0.384. The lowest BCUT2D eigenvalue weighted by atomic mass is 9.55. The van der Waals surface area contributed by atoms with Gasteiger partial charge in [0, 0.05) is 17.5 Å². The first-order valence-electron chi connectivity index (χ1n) is 11.7. The third kappa shape index (κ3) is 3.73. The molecule has 174 valence electrons. The lowest BCUT2D eigenvalue weighted by Gasteiger charge is -2.49. The maximum atomic E-state index is 11.0. The van der Waals surface area contributed by atoms with Crippen molar-refractivity contribution in [3.63, 3.8) is 0 Å². The van der Waals surface area contributed by atoms with E-state index in [1.54, 1.807) is 13.2 Å². The molecule has 0 saturated heterocycles. The summed E-state index contributed by atoms with van der Waals surface area (Å²) in [6.45, 7) is 2.57. The van der Waals surface area contributed by atoms with E-state index >= 15 is 0 Å². The first kappa shape index (κ1) is 21.7. The summed E-state index contributed by atoms with van der Waals surface area (Å²) in [6, 6.07) is 10.5. The smallest absolute Gasteiger partial charge is 0.269 e. The number of hydrogen-bond acceptors (Lipinski definition) is 6. The van der Waals surface area contributed by atoms with Crippen molar-refractivity contribution in [3.05, 3.63) is 63.2 Å². The van der Waals surface area contributed by atoms with Gasteiger partial charge in [0.05, 0.1) is 17.7 Å². The van der Waals surface area contributed by atoms with Crippen LogP contribution in [0.5, 0.6) is 11.5 Å². The molecule has 3 aliphatic rings. The number of rotatable bonds is 5. The van der Waals surface area contributed by atoms with Gasteiger partial charge in [0.15, 0.2) is 11.5 Å². The Morgan fingerprint density at radius 1 is 1.21 bits per heavy atom. The molecule has 2 saturated carbocycles. The van der Waals surface area contributed by atoms with Gasteiger partial charge >= 0.3 is 0 Å². The first-order chi connectivity index (χ1) is 15.9. The standard InChI is InChI=1S/C26H30N2O5/c1-26-11-10-19-20(7-6-17-13-23(29)24(32-2)14-21(17)19)22(26)8-9-25(26)27-33-15-16-4-3-5-18(12-16)28(30)31/h3-5,12-14,19-20,22,29H,6-11,15H2,1-2H3/b27-25+/t19-,20+,22-,26-/m0/s1. The largest absolute Gasteiger partial charge is 0.504 e. The zero-order valence-electron chi connectivity index (χ0n) is 19.1. The number of nitro benzene ring substituents is 1. The summed E-state index contributed by atoms with van der Waals surface area (Å²) in [7, 11) is 1.60. The molecule has 0 unspecified atom stereocenters. The van der Waals surface area contributed by atoms with E-state index in [9.17, 15) is 15.2 Å². The molecule has 1 N–H and O–H groups in total. The zero-order valence-corrected chi connectivity index (χ0v) is 19.1. The van der Waals surface area contributed by atoms with Crippen molar-refractivity contribution in [1.82, 2.24) is 0 Å². The Bertz CT molecular complexity index is 1110. The average Bonchev–Trinajstić information content (AvgIpc) is 3.15. The highest BCUT2D eigenvalue weighted by molar-refractivity contribution is 5.92. The van der Waals surface area contributed by atoms with Crippen LogP contribution in [0.3, 0.4) is 0 Å². The molecule has 0 spiro atoms. The Balaban J connectivity index is 1.32. The number of phenols is 1. The fourth-order valence-electron chi connectivity index (χ4n) is 6.63. The Morgan fingerprint density at radius 3 is 2.85 bits per heavy atom. The van der Waals surface area contributed by atoms with Crippen LogP contribution in [0.1, 0.15) is 61.6 Å². The minimum absolute atomic E-state index is 0.0301. The molecular weight excluding hydrogens is 420 g/mol. The molecule has 7 heteroatoms. The number of methoxy groups -OCH3 is 1. The predicted molar refractivity (Wildman–Crippen MR) is 125 cm³/mol. The van der Waals surface area contributed by atoms with Crippen molar-refractivity contribution in [2.75, 3.05) is 7.11 Å². The molecule has 0 bridgehead atoms. The van der Waals surface area contributed by atoms with Crippen LogP contribution in [0.25, 0.3) is 0 Å². The number of aryl methyl sites for hydroxylation is 1. The molecule has 4 atom stereocenters. The maximum absolute atomic E-state index is 11.0. The van der Waals surface area contributed by atoms with Crippen LogP contribution in [0, 0.1) is 27.4 Å². The lowest BCUT2D eigenvalue weighted by Crippen LogP contribution is -2.42. The van der Waals surface area contributed by atoms with Crippen LogP contribution in [-0.4, -0.2) is 22.9 Å². The van der Waals surface area contributed by atoms with Gasteiger partial charge in [-0.15, -0.1) is 0 Å². The topological polar surface area (TPSA) is 94.2 Å². The minimum Gasteiger partial charge on any atom is -0.504 e. The number of hydrogen-bond donors (Lipinski definition) is 1. The van der Waals surface area contributed by atoms with Crippen molar-refractivity contribution in [1.29, 1.82) is 0 Å². The molecule has 0 radical (unpaired) electrons. The summed E-state index contributed by atoms with van der Waals surface area (Å²) in [4.78, 5) is 16.3. The van der Waals surface area contributed by atoms with Crippen LogP contribution in [0.2, 0.25) is 0 Å². The monoisotopic (exact) mass is 450 g/mol.